The number of rotatable bonds is 5. The van der Waals surface area contributed by atoms with Gasteiger partial charge in [0.2, 0.25) is 5.13 Å². The standard InChI is InChI=1S/C16H11Br2N3OS2/c17-12-6-4-10(5-7-12)9-23-16-21-20-15(24-16)19-14(22)11-2-1-3-13(18)8-11/h1-8H,9H2,(H,19,20,22). The van der Waals surface area contributed by atoms with E-state index in [1.54, 1.807) is 23.9 Å². The van der Waals surface area contributed by atoms with Gasteiger partial charge in [-0.3, -0.25) is 10.1 Å². The van der Waals surface area contributed by atoms with E-state index in [0.29, 0.717) is 10.7 Å². The summed E-state index contributed by atoms with van der Waals surface area (Å²) in [7, 11) is 0. The topological polar surface area (TPSA) is 54.9 Å². The Hall–Kier alpha value is -1.22. The minimum absolute atomic E-state index is 0.197. The molecular formula is C16H11Br2N3OS2. The van der Waals surface area contributed by atoms with Crippen molar-refractivity contribution < 1.29 is 4.79 Å². The Kier molecular flexibility index (Phi) is 6.04. The summed E-state index contributed by atoms with van der Waals surface area (Å²) in [4.78, 5) is 12.2. The van der Waals surface area contributed by atoms with E-state index in [1.807, 2.05) is 24.3 Å². The zero-order valence-corrected chi connectivity index (χ0v) is 17.0. The Morgan fingerprint density at radius 2 is 1.88 bits per heavy atom. The van der Waals surface area contributed by atoms with Gasteiger partial charge in [-0.1, -0.05) is 73.2 Å². The minimum atomic E-state index is -0.197. The number of anilines is 1. The van der Waals surface area contributed by atoms with E-state index >= 15 is 0 Å². The number of halogens is 2. The predicted molar refractivity (Wildman–Crippen MR) is 106 cm³/mol. The first-order valence-electron chi connectivity index (χ1n) is 6.88. The fourth-order valence-corrected chi connectivity index (χ4v) is 4.21. The Labute approximate surface area is 164 Å². The third-order valence-electron chi connectivity index (χ3n) is 2.99. The van der Waals surface area contributed by atoms with Crippen LogP contribution in [0, 0.1) is 0 Å². The van der Waals surface area contributed by atoms with E-state index in [1.165, 1.54) is 16.9 Å². The van der Waals surface area contributed by atoms with Gasteiger partial charge in [-0.2, -0.15) is 0 Å². The first-order valence-corrected chi connectivity index (χ1v) is 10.3. The number of carbonyl (C=O) groups excluding carboxylic acids is 1. The molecule has 2 aromatic carbocycles. The second kappa shape index (κ2) is 8.24. The molecule has 1 amide bonds. The van der Waals surface area contributed by atoms with E-state index in [2.05, 4.69) is 59.5 Å². The van der Waals surface area contributed by atoms with Gasteiger partial charge in [-0.05, 0) is 35.9 Å². The van der Waals surface area contributed by atoms with Gasteiger partial charge >= 0.3 is 0 Å². The summed E-state index contributed by atoms with van der Waals surface area (Å²) in [5.41, 5.74) is 1.78. The van der Waals surface area contributed by atoms with Crippen molar-refractivity contribution in [2.24, 2.45) is 0 Å². The normalized spacial score (nSPS) is 10.6. The maximum Gasteiger partial charge on any atom is 0.257 e. The molecule has 122 valence electrons. The molecule has 0 unspecified atom stereocenters. The SMILES string of the molecule is O=C(Nc1nnc(SCc2ccc(Br)cc2)s1)c1cccc(Br)c1. The molecule has 0 atom stereocenters. The summed E-state index contributed by atoms with van der Waals surface area (Å²) >= 11 is 9.74. The van der Waals surface area contributed by atoms with Crippen LogP contribution in [0.2, 0.25) is 0 Å². The minimum Gasteiger partial charge on any atom is -0.296 e. The molecular weight excluding hydrogens is 474 g/mol. The zero-order valence-electron chi connectivity index (χ0n) is 12.2. The van der Waals surface area contributed by atoms with Crippen LogP contribution in [-0.2, 0) is 5.75 Å². The summed E-state index contributed by atoms with van der Waals surface area (Å²) in [5.74, 6) is 0.610. The van der Waals surface area contributed by atoms with Crippen molar-refractivity contribution in [1.29, 1.82) is 0 Å². The lowest BCUT2D eigenvalue weighted by Gasteiger charge is -2.01. The Bertz CT molecular complexity index is 853. The molecule has 0 spiro atoms. The van der Waals surface area contributed by atoms with E-state index in [-0.39, 0.29) is 5.91 Å². The average Bonchev–Trinajstić information content (AvgIpc) is 3.02. The van der Waals surface area contributed by atoms with Crippen LogP contribution in [0.1, 0.15) is 15.9 Å². The van der Waals surface area contributed by atoms with Gasteiger partial charge in [0, 0.05) is 20.3 Å². The zero-order chi connectivity index (χ0) is 16.9. The van der Waals surface area contributed by atoms with Gasteiger partial charge in [0.25, 0.3) is 5.91 Å². The fraction of sp³-hybridized carbons (Fsp3) is 0.0625. The predicted octanol–water partition coefficient (Wildman–Crippen LogP) is 5.61. The molecule has 0 aliphatic heterocycles. The van der Waals surface area contributed by atoms with Gasteiger partial charge in [0.15, 0.2) is 4.34 Å². The molecule has 3 rings (SSSR count). The largest absolute Gasteiger partial charge is 0.296 e. The van der Waals surface area contributed by atoms with Crippen molar-refractivity contribution in [1.82, 2.24) is 10.2 Å². The lowest BCUT2D eigenvalue weighted by atomic mass is 10.2. The Morgan fingerprint density at radius 3 is 2.62 bits per heavy atom. The summed E-state index contributed by atoms with van der Waals surface area (Å²) < 4.78 is 2.74. The van der Waals surface area contributed by atoms with Crippen molar-refractivity contribution in [3.8, 4) is 0 Å². The second-order valence-corrected chi connectivity index (χ2v) is 8.78. The van der Waals surface area contributed by atoms with Crippen LogP contribution in [0.4, 0.5) is 5.13 Å². The lowest BCUT2D eigenvalue weighted by Crippen LogP contribution is -2.11. The molecule has 0 aliphatic carbocycles. The molecule has 0 radical (unpaired) electrons. The van der Waals surface area contributed by atoms with E-state index in [0.717, 1.165) is 19.0 Å². The van der Waals surface area contributed by atoms with Gasteiger partial charge in [0.05, 0.1) is 0 Å². The molecule has 0 saturated carbocycles. The summed E-state index contributed by atoms with van der Waals surface area (Å²) in [6.07, 6.45) is 0. The molecule has 0 saturated heterocycles. The van der Waals surface area contributed by atoms with Crippen LogP contribution in [0.5, 0.6) is 0 Å². The van der Waals surface area contributed by atoms with Crippen molar-refractivity contribution in [3.05, 3.63) is 68.6 Å². The summed E-state index contributed by atoms with van der Waals surface area (Å²) in [5, 5.41) is 11.4. The van der Waals surface area contributed by atoms with Crippen molar-refractivity contribution in [2.45, 2.75) is 10.1 Å². The number of carbonyl (C=O) groups is 1. The number of hydrogen-bond acceptors (Lipinski definition) is 5. The number of benzene rings is 2. The highest BCUT2D eigenvalue weighted by Gasteiger charge is 2.11. The van der Waals surface area contributed by atoms with Crippen molar-refractivity contribution in [3.63, 3.8) is 0 Å². The van der Waals surface area contributed by atoms with Crippen LogP contribution in [0.3, 0.4) is 0 Å². The maximum atomic E-state index is 12.2. The molecule has 8 heteroatoms. The number of nitrogens with one attached hydrogen (secondary N) is 1. The van der Waals surface area contributed by atoms with Crippen molar-refractivity contribution in [2.75, 3.05) is 5.32 Å². The monoisotopic (exact) mass is 483 g/mol. The third-order valence-corrected chi connectivity index (χ3v) is 6.05. The molecule has 24 heavy (non-hydrogen) atoms. The number of hydrogen-bond donors (Lipinski definition) is 1. The quantitative estimate of drug-likeness (QED) is 0.377. The lowest BCUT2D eigenvalue weighted by molar-refractivity contribution is 0.102. The number of thioether (sulfide) groups is 1. The van der Waals surface area contributed by atoms with Crippen LogP contribution in [0.25, 0.3) is 0 Å². The molecule has 0 bridgehead atoms. The summed E-state index contributed by atoms with van der Waals surface area (Å²) in [6, 6.07) is 15.4. The maximum absolute atomic E-state index is 12.2. The van der Waals surface area contributed by atoms with Crippen LogP contribution in [0.15, 0.2) is 61.8 Å². The number of aromatic nitrogens is 2. The average molecular weight is 485 g/mol. The number of amides is 1. The first kappa shape index (κ1) is 17.6. The van der Waals surface area contributed by atoms with E-state index in [4.69, 9.17) is 0 Å². The second-order valence-electron chi connectivity index (χ2n) is 4.75. The van der Waals surface area contributed by atoms with Crippen molar-refractivity contribution >= 4 is 66.0 Å². The summed E-state index contributed by atoms with van der Waals surface area (Å²) in [6.45, 7) is 0. The van der Waals surface area contributed by atoms with Gasteiger partial charge < -0.3 is 0 Å². The molecule has 0 aliphatic rings. The van der Waals surface area contributed by atoms with Gasteiger partial charge in [0.1, 0.15) is 0 Å². The fourth-order valence-electron chi connectivity index (χ4n) is 1.84. The highest BCUT2D eigenvalue weighted by molar-refractivity contribution is 9.10. The Morgan fingerprint density at radius 1 is 1.08 bits per heavy atom. The molecule has 0 fully saturated rings. The smallest absolute Gasteiger partial charge is 0.257 e. The van der Waals surface area contributed by atoms with E-state index in [9.17, 15) is 4.79 Å². The van der Waals surface area contributed by atoms with Gasteiger partial charge in [-0.25, -0.2) is 0 Å². The van der Waals surface area contributed by atoms with Crippen LogP contribution >= 0.6 is 55.0 Å². The highest BCUT2D eigenvalue weighted by atomic mass is 79.9. The molecule has 1 N–H and O–H groups in total. The molecule has 1 aromatic heterocycles. The molecule has 4 nitrogen and oxygen atoms in total. The molecule has 1 heterocycles. The third kappa shape index (κ3) is 4.89. The van der Waals surface area contributed by atoms with Gasteiger partial charge in [-0.15, -0.1) is 10.2 Å². The Balaban J connectivity index is 1.59. The first-order chi connectivity index (χ1) is 11.6. The van der Waals surface area contributed by atoms with Crippen LogP contribution < -0.4 is 5.32 Å². The highest BCUT2D eigenvalue weighted by Crippen LogP contribution is 2.29. The van der Waals surface area contributed by atoms with E-state index < -0.39 is 0 Å². The molecule has 3 aromatic rings. The van der Waals surface area contributed by atoms with Crippen LogP contribution in [-0.4, -0.2) is 16.1 Å². The number of nitrogens with zero attached hydrogens (tertiary/aromatic N) is 2.